The van der Waals surface area contributed by atoms with Crippen molar-refractivity contribution in [2.24, 2.45) is 0 Å². The van der Waals surface area contributed by atoms with Crippen LogP contribution >= 0.6 is 0 Å². The predicted octanol–water partition coefficient (Wildman–Crippen LogP) is 12.9. The molecule has 8 aromatic carbocycles. The van der Waals surface area contributed by atoms with E-state index in [1.165, 1.54) is 21.5 Å². The third-order valence-electron chi connectivity index (χ3n) is 10.8. The maximum absolute atomic E-state index is 6.67. The molecule has 4 heterocycles. The number of fused-ring (bicyclic) bond motifs is 10. The quantitative estimate of drug-likeness (QED) is 0.182. The van der Waals surface area contributed by atoms with Crippen LogP contribution in [0.1, 0.15) is 0 Å². The topological polar surface area (TPSA) is 69.9 Å². The van der Waals surface area contributed by atoms with E-state index in [1.54, 1.807) is 0 Å². The number of hydrogen-bond acceptors (Lipinski definition) is 5. The van der Waals surface area contributed by atoms with Crippen LogP contribution in [-0.4, -0.2) is 19.5 Å². The molecule has 55 heavy (non-hydrogen) atoms. The Labute approximate surface area is 313 Å². The van der Waals surface area contributed by atoms with Crippen LogP contribution in [-0.2, 0) is 0 Å². The van der Waals surface area contributed by atoms with Gasteiger partial charge in [-0.3, -0.25) is 0 Å². The van der Waals surface area contributed by atoms with Crippen LogP contribution in [0.2, 0.25) is 0 Å². The van der Waals surface area contributed by atoms with E-state index in [0.29, 0.717) is 17.5 Å². The number of aromatic nitrogens is 4. The fourth-order valence-corrected chi connectivity index (χ4v) is 8.33. The van der Waals surface area contributed by atoms with Gasteiger partial charge in [-0.05, 0) is 59.3 Å². The van der Waals surface area contributed by atoms with Gasteiger partial charge in [-0.25, -0.2) is 15.0 Å². The summed E-state index contributed by atoms with van der Waals surface area (Å²) in [5, 5.41) is 8.89. The Kier molecular flexibility index (Phi) is 6.24. The number of furan rings is 2. The molecule has 0 fully saturated rings. The first-order valence-electron chi connectivity index (χ1n) is 18.4. The number of rotatable bonds is 4. The maximum Gasteiger partial charge on any atom is 0.167 e. The first kappa shape index (κ1) is 29.9. The average molecular weight is 705 g/mol. The molecule has 12 rings (SSSR count). The summed E-state index contributed by atoms with van der Waals surface area (Å²) in [6.45, 7) is 0. The first-order chi connectivity index (χ1) is 27.2. The van der Waals surface area contributed by atoms with Gasteiger partial charge in [0.15, 0.2) is 17.5 Å². The van der Waals surface area contributed by atoms with E-state index in [9.17, 15) is 0 Å². The molecule has 0 amide bonds. The molecular weight excluding hydrogens is 677 g/mol. The molecule has 0 saturated heterocycles. The van der Waals surface area contributed by atoms with Crippen LogP contribution in [0.3, 0.4) is 0 Å². The molecule has 12 aromatic rings. The molecular formula is C49H28N4O2. The van der Waals surface area contributed by atoms with Crippen LogP contribution in [0.5, 0.6) is 0 Å². The predicted molar refractivity (Wildman–Crippen MR) is 223 cm³/mol. The van der Waals surface area contributed by atoms with E-state index in [0.717, 1.165) is 77.3 Å². The van der Waals surface area contributed by atoms with Crippen molar-refractivity contribution < 1.29 is 8.83 Å². The lowest BCUT2D eigenvalue weighted by atomic mass is 10.0. The highest BCUT2D eigenvalue weighted by atomic mass is 16.3. The lowest BCUT2D eigenvalue weighted by Gasteiger charge is -2.10. The summed E-state index contributed by atoms with van der Waals surface area (Å²) >= 11 is 0. The molecule has 6 heteroatoms. The van der Waals surface area contributed by atoms with Crippen molar-refractivity contribution in [3.8, 4) is 39.9 Å². The third-order valence-corrected chi connectivity index (χ3v) is 10.8. The second-order valence-electron chi connectivity index (χ2n) is 14.0. The van der Waals surface area contributed by atoms with Gasteiger partial charge in [0.2, 0.25) is 0 Å². The smallest absolute Gasteiger partial charge is 0.167 e. The van der Waals surface area contributed by atoms with Gasteiger partial charge < -0.3 is 13.4 Å². The third kappa shape index (κ3) is 4.52. The Morgan fingerprint density at radius 1 is 0.382 bits per heavy atom. The lowest BCUT2D eigenvalue weighted by molar-refractivity contribution is 0.668. The van der Waals surface area contributed by atoms with Gasteiger partial charge in [-0.1, -0.05) is 115 Å². The minimum atomic E-state index is 0.541. The second kappa shape index (κ2) is 11.5. The fourth-order valence-electron chi connectivity index (χ4n) is 8.33. The summed E-state index contributed by atoms with van der Waals surface area (Å²) in [5.41, 5.74) is 9.03. The van der Waals surface area contributed by atoms with Gasteiger partial charge in [0.25, 0.3) is 0 Å². The standard InChI is InChI=1S/C49H28N4O2/c1-2-12-29(13-3-1)47-50-48(52-49(51-47)38-20-10-18-35-34-17-7-9-22-42(34)55-46(35)38)37-19-11-23-43-45(37)36-25-24-32(28-44(36)54-43)53-40-21-8-6-16-33(40)39-26-30-14-4-5-15-31(30)27-41(39)53/h1-28H. The Hall–Kier alpha value is -7.57. The van der Waals surface area contributed by atoms with Gasteiger partial charge in [0.1, 0.15) is 22.3 Å². The first-order valence-corrected chi connectivity index (χ1v) is 18.4. The molecule has 0 N–H and O–H groups in total. The Morgan fingerprint density at radius 3 is 1.95 bits per heavy atom. The van der Waals surface area contributed by atoms with E-state index >= 15 is 0 Å². The molecule has 6 nitrogen and oxygen atoms in total. The number of benzene rings is 8. The molecule has 256 valence electrons. The minimum Gasteiger partial charge on any atom is -0.456 e. The van der Waals surface area contributed by atoms with Crippen molar-refractivity contribution in [1.29, 1.82) is 0 Å². The SMILES string of the molecule is c1ccc(-c2nc(-c3cccc4c3oc3ccccc34)nc(-c3cccc4oc5cc(-n6c7ccccc7c7cc8ccccc8cc76)ccc5c34)n2)cc1. The van der Waals surface area contributed by atoms with Crippen molar-refractivity contribution in [2.75, 3.05) is 0 Å². The second-order valence-corrected chi connectivity index (χ2v) is 14.0. The Balaban J connectivity index is 1.07. The zero-order valence-electron chi connectivity index (χ0n) is 29.3. The number of hydrogen-bond donors (Lipinski definition) is 0. The fraction of sp³-hybridized carbons (Fsp3) is 0. The van der Waals surface area contributed by atoms with Crippen LogP contribution in [0, 0.1) is 0 Å². The summed E-state index contributed by atoms with van der Waals surface area (Å²) in [4.78, 5) is 15.3. The summed E-state index contributed by atoms with van der Waals surface area (Å²) in [7, 11) is 0. The monoisotopic (exact) mass is 704 g/mol. The number of para-hydroxylation sites is 3. The Morgan fingerprint density at radius 2 is 1.05 bits per heavy atom. The van der Waals surface area contributed by atoms with E-state index in [-0.39, 0.29) is 0 Å². The van der Waals surface area contributed by atoms with Crippen molar-refractivity contribution in [3.63, 3.8) is 0 Å². The molecule has 0 aliphatic rings. The van der Waals surface area contributed by atoms with Crippen molar-refractivity contribution in [2.45, 2.75) is 0 Å². The van der Waals surface area contributed by atoms with E-state index in [2.05, 4.69) is 102 Å². The zero-order valence-corrected chi connectivity index (χ0v) is 29.3. The highest BCUT2D eigenvalue weighted by Crippen LogP contribution is 2.41. The van der Waals surface area contributed by atoms with Crippen LogP contribution in [0.4, 0.5) is 0 Å². The van der Waals surface area contributed by atoms with Crippen molar-refractivity contribution in [3.05, 3.63) is 170 Å². The van der Waals surface area contributed by atoms with Gasteiger partial charge >= 0.3 is 0 Å². The highest BCUT2D eigenvalue weighted by molar-refractivity contribution is 6.15. The van der Waals surface area contributed by atoms with Crippen LogP contribution in [0.25, 0.3) is 116 Å². The molecule has 0 atom stereocenters. The van der Waals surface area contributed by atoms with E-state index < -0.39 is 0 Å². The van der Waals surface area contributed by atoms with Crippen LogP contribution < -0.4 is 0 Å². The largest absolute Gasteiger partial charge is 0.456 e. The van der Waals surface area contributed by atoms with Gasteiger partial charge in [-0.2, -0.15) is 0 Å². The zero-order chi connectivity index (χ0) is 36.0. The molecule has 0 aliphatic carbocycles. The highest BCUT2D eigenvalue weighted by Gasteiger charge is 2.21. The van der Waals surface area contributed by atoms with Crippen LogP contribution in [0.15, 0.2) is 179 Å². The molecule has 4 aromatic heterocycles. The Bertz CT molecular complexity index is 3500. The summed E-state index contributed by atoms with van der Waals surface area (Å²) < 4.78 is 15.5. The van der Waals surface area contributed by atoms with E-state index in [1.807, 2.05) is 72.8 Å². The molecule has 0 unspecified atom stereocenters. The van der Waals surface area contributed by atoms with Crippen molar-refractivity contribution in [1.82, 2.24) is 19.5 Å². The molecule has 0 bridgehead atoms. The normalized spacial score (nSPS) is 12.0. The minimum absolute atomic E-state index is 0.541. The molecule has 0 aliphatic heterocycles. The van der Waals surface area contributed by atoms with Gasteiger partial charge in [0, 0.05) is 55.2 Å². The maximum atomic E-state index is 6.67. The molecule has 0 spiro atoms. The average Bonchev–Trinajstić information content (AvgIpc) is 3.92. The van der Waals surface area contributed by atoms with Crippen molar-refractivity contribution >= 4 is 76.5 Å². The molecule has 0 radical (unpaired) electrons. The summed E-state index contributed by atoms with van der Waals surface area (Å²) in [6, 6.07) is 58.6. The summed E-state index contributed by atoms with van der Waals surface area (Å²) in [5.74, 6) is 1.68. The number of nitrogens with zero attached hydrogens (tertiary/aromatic N) is 4. The lowest BCUT2D eigenvalue weighted by Crippen LogP contribution is -2.00. The molecule has 0 saturated carbocycles. The van der Waals surface area contributed by atoms with Gasteiger partial charge in [-0.15, -0.1) is 0 Å². The summed E-state index contributed by atoms with van der Waals surface area (Å²) in [6.07, 6.45) is 0. The van der Waals surface area contributed by atoms with Gasteiger partial charge in [0.05, 0.1) is 16.6 Å². The van der Waals surface area contributed by atoms with E-state index in [4.69, 9.17) is 23.8 Å².